The summed E-state index contributed by atoms with van der Waals surface area (Å²) in [5, 5.41) is 6.97. The standard InChI is InChI=1S/C27H33Cl2N5O4/c1-5-17(2)25-26(36)32(14-19-8-11-21(28)22(29)12-19)15-23-33(25)24(35)16-31(3)34(23)27(37)30-13-18-6-9-20(38-4)10-7-18/h6-12,17,23,25H,5,13-16H2,1-4H3,(H,30,37)/t17?,23-,25-/m0/s1. The summed E-state index contributed by atoms with van der Waals surface area (Å²) in [6.07, 6.45) is 0.0455. The molecule has 0 bridgehead atoms. The van der Waals surface area contributed by atoms with E-state index in [1.54, 1.807) is 46.1 Å². The summed E-state index contributed by atoms with van der Waals surface area (Å²) in [5.41, 5.74) is 1.72. The number of hydrogen-bond donors (Lipinski definition) is 1. The van der Waals surface area contributed by atoms with Gasteiger partial charge in [-0.15, -0.1) is 0 Å². The lowest BCUT2D eigenvalue weighted by molar-refractivity contribution is -0.190. The molecule has 204 valence electrons. The van der Waals surface area contributed by atoms with Crippen molar-refractivity contribution in [1.82, 2.24) is 25.1 Å². The summed E-state index contributed by atoms with van der Waals surface area (Å²) in [7, 11) is 3.31. The van der Waals surface area contributed by atoms with Crippen LogP contribution in [0.15, 0.2) is 42.5 Å². The van der Waals surface area contributed by atoms with Crippen LogP contribution in [0.4, 0.5) is 4.79 Å². The summed E-state index contributed by atoms with van der Waals surface area (Å²) in [4.78, 5) is 43.8. The van der Waals surface area contributed by atoms with E-state index in [4.69, 9.17) is 27.9 Å². The van der Waals surface area contributed by atoms with E-state index in [-0.39, 0.29) is 43.4 Å². The SMILES string of the molecule is CCC(C)[C@H]1C(=O)N(Cc2ccc(Cl)c(Cl)c2)C[C@H]2N1C(=O)CN(C)N2C(=O)NCc1ccc(OC)cc1. The molecule has 1 N–H and O–H groups in total. The van der Waals surface area contributed by atoms with E-state index in [1.165, 1.54) is 0 Å². The van der Waals surface area contributed by atoms with Crippen molar-refractivity contribution in [3.63, 3.8) is 0 Å². The van der Waals surface area contributed by atoms with Crippen LogP contribution < -0.4 is 10.1 Å². The third-order valence-corrected chi connectivity index (χ3v) is 7.96. The van der Waals surface area contributed by atoms with Gasteiger partial charge in [0.15, 0.2) is 0 Å². The van der Waals surface area contributed by atoms with Crippen molar-refractivity contribution < 1.29 is 19.1 Å². The largest absolute Gasteiger partial charge is 0.497 e. The van der Waals surface area contributed by atoms with Crippen LogP contribution in [0.2, 0.25) is 10.0 Å². The van der Waals surface area contributed by atoms with Crippen molar-refractivity contribution in [3.05, 3.63) is 63.6 Å². The molecule has 0 radical (unpaired) electrons. The Morgan fingerprint density at radius 2 is 1.79 bits per heavy atom. The Hall–Kier alpha value is -3.01. The number of nitrogens with one attached hydrogen (secondary N) is 1. The Bertz CT molecular complexity index is 1190. The number of amides is 4. The molecule has 0 spiro atoms. The highest BCUT2D eigenvalue weighted by molar-refractivity contribution is 6.42. The minimum Gasteiger partial charge on any atom is -0.497 e. The molecule has 2 heterocycles. The van der Waals surface area contributed by atoms with E-state index in [0.29, 0.717) is 23.0 Å². The molecule has 0 aromatic heterocycles. The van der Waals surface area contributed by atoms with Crippen molar-refractivity contribution >= 4 is 41.0 Å². The van der Waals surface area contributed by atoms with Crippen LogP contribution in [0.25, 0.3) is 0 Å². The zero-order valence-corrected chi connectivity index (χ0v) is 23.5. The smallest absolute Gasteiger partial charge is 0.334 e. The number of halogens is 2. The van der Waals surface area contributed by atoms with Gasteiger partial charge in [-0.25, -0.2) is 14.8 Å². The van der Waals surface area contributed by atoms with Gasteiger partial charge in [-0.05, 0) is 41.3 Å². The molecule has 0 aliphatic carbocycles. The third-order valence-electron chi connectivity index (χ3n) is 7.22. The molecule has 4 amide bonds. The Kier molecular flexibility index (Phi) is 8.70. The maximum Gasteiger partial charge on any atom is 0.334 e. The summed E-state index contributed by atoms with van der Waals surface area (Å²) >= 11 is 12.3. The lowest BCUT2D eigenvalue weighted by atomic mass is 9.92. The van der Waals surface area contributed by atoms with Gasteiger partial charge in [-0.1, -0.05) is 61.7 Å². The van der Waals surface area contributed by atoms with Gasteiger partial charge in [0.2, 0.25) is 11.8 Å². The van der Waals surface area contributed by atoms with Crippen LogP contribution in [-0.2, 0) is 22.7 Å². The van der Waals surface area contributed by atoms with E-state index < -0.39 is 12.2 Å². The molecule has 2 fully saturated rings. The topological polar surface area (TPSA) is 85.4 Å². The van der Waals surface area contributed by atoms with Gasteiger partial charge in [-0.2, -0.15) is 0 Å². The Morgan fingerprint density at radius 1 is 1.11 bits per heavy atom. The van der Waals surface area contributed by atoms with Crippen molar-refractivity contribution in [1.29, 1.82) is 0 Å². The fourth-order valence-corrected chi connectivity index (χ4v) is 5.32. The number of ether oxygens (including phenoxy) is 1. The second-order valence-corrected chi connectivity index (χ2v) is 10.6. The third kappa shape index (κ3) is 5.70. The summed E-state index contributed by atoms with van der Waals surface area (Å²) in [6.45, 7) is 4.70. The molecular formula is C27H33Cl2N5O4. The Balaban J connectivity index is 1.60. The number of carbonyl (C=O) groups is 3. The van der Waals surface area contributed by atoms with Crippen LogP contribution in [0.1, 0.15) is 31.4 Å². The number of benzene rings is 2. The first-order valence-corrected chi connectivity index (χ1v) is 13.3. The lowest BCUT2D eigenvalue weighted by Gasteiger charge is -2.55. The summed E-state index contributed by atoms with van der Waals surface area (Å²) in [6, 6.07) is 11.7. The number of urea groups is 1. The van der Waals surface area contributed by atoms with Crippen molar-refractivity contribution in [3.8, 4) is 5.75 Å². The lowest BCUT2D eigenvalue weighted by Crippen LogP contribution is -2.76. The van der Waals surface area contributed by atoms with Crippen LogP contribution in [0.3, 0.4) is 0 Å². The van der Waals surface area contributed by atoms with Gasteiger partial charge >= 0.3 is 6.03 Å². The predicted molar refractivity (Wildman–Crippen MR) is 145 cm³/mol. The number of methoxy groups -OCH3 is 1. The van der Waals surface area contributed by atoms with Gasteiger partial charge in [0.05, 0.1) is 30.2 Å². The first-order valence-electron chi connectivity index (χ1n) is 12.6. The predicted octanol–water partition coefficient (Wildman–Crippen LogP) is 3.99. The molecule has 38 heavy (non-hydrogen) atoms. The zero-order chi connectivity index (χ0) is 27.6. The van der Waals surface area contributed by atoms with Crippen molar-refractivity contribution in [2.45, 2.75) is 45.6 Å². The highest BCUT2D eigenvalue weighted by atomic mass is 35.5. The number of likely N-dealkylation sites (N-methyl/N-ethyl adjacent to an activating group) is 1. The van der Waals surface area contributed by atoms with Crippen LogP contribution >= 0.6 is 23.2 Å². The van der Waals surface area contributed by atoms with E-state index in [1.807, 2.05) is 44.2 Å². The number of piperazine rings is 1. The molecule has 2 aliphatic heterocycles. The number of hydrazine groups is 1. The minimum atomic E-state index is -0.681. The molecule has 2 saturated heterocycles. The quantitative estimate of drug-likeness (QED) is 0.552. The molecule has 0 saturated carbocycles. The fourth-order valence-electron chi connectivity index (χ4n) is 5.00. The van der Waals surface area contributed by atoms with E-state index >= 15 is 0 Å². The van der Waals surface area contributed by atoms with E-state index in [9.17, 15) is 14.4 Å². The molecule has 2 aliphatic rings. The van der Waals surface area contributed by atoms with Gasteiger partial charge in [0.1, 0.15) is 18.0 Å². The first-order chi connectivity index (χ1) is 18.1. The summed E-state index contributed by atoms with van der Waals surface area (Å²) < 4.78 is 5.20. The Morgan fingerprint density at radius 3 is 2.42 bits per heavy atom. The van der Waals surface area contributed by atoms with Crippen molar-refractivity contribution in [2.75, 3.05) is 27.2 Å². The molecule has 2 aromatic carbocycles. The molecule has 4 rings (SSSR count). The van der Waals surface area contributed by atoms with Crippen LogP contribution in [-0.4, -0.2) is 77.1 Å². The number of rotatable bonds is 7. The molecular weight excluding hydrogens is 529 g/mol. The molecule has 2 aromatic rings. The average molecular weight is 562 g/mol. The van der Waals surface area contributed by atoms with Crippen LogP contribution in [0.5, 0.6) is 5.75 Å². The highest BCUT2D eigenvalue weighted by Gasteiger charge is 2.51. The average Bonchev–Trinajstić information content (AvgIpc) is 2.90. The highest BCUT2D eigenvalue weighted by Crippen LogP contribution is 2.32. The number of nitrogens with zero attached hydrogens (tertiary/aromatic N) is 4. The van der Waals surface area contributed by atoms with E-state index in [0.717, 1.165) is 16.9 Å². The molecule has 11 heteroatoms. The zero-order valence-electron chi connectivity index (χ0n) is 22.0. The first kappa shape index (κ1) is 28.0. The Labute approximate surface area is 233 Å². The van der Waals surface area contributed by atoms with Gasteiger partial charge in [0, 0.05) is 20.1 Å². The number of hydrogen-bond acceptors (Lipinski definition) is 5. The molecule has 9 nitrogen and oxygen atoms in total. The molecule has 3 atom stereocenters. The minimum absolute atomic E-state index is 0.000533. The number of fused-ring (bicyclic) bond motifs is 1. The van der Waals surface area contributed by atoms with Crippen molar-refractivity contribution in [2.24, 2.45) is 5.92 Å². The van der Waals surface area contributed by atoms with Crippen LogP contribution in [0, 0.1) is 5.92 Å². The number of carbonyl (C=O) groups excluding carboxylic acids is 3. The van der Waals surface area contributed by atoms with Gasteiger partial charge in [0.25, 0.3) is 0 Å². The summed E-state index contributed by atoms with van der Waals surface area (Å²) in [5.74, 6) is 0.316. The maximum atomic E-state index is 13.7. The second-order valence-electron chi connectivity index (χ2n) is 9.75. The molecule has 1 unspecified atom stereocenters. The van der Waals surface area contributed by atoms with E-state index in [2.05, 4.69) is 5.32 Å². The van der Waals surface area contributed by atoms with Gasteiger partial charge < -0.3 is 19.9 Å². The maximum absolute atomic E-state index is 13.7. The fraction of sp³-hybridized carbons (Fsp3) is 0.444. The van der Waals surface area contributed by atoms with Gasteiger partial charge in [-0.3, -0.25) is 9.59 Å². The monoisotopic (exact) mass is 561 g/mol. The normalized spacial score (nSPS) is 20.8. The second kappa shape index (κ2) is 11.8.